The van der Waals surface area contributed by atoms with E-state index in [0.717, 1.165) is 29.3 Å². The first-order chi connectivity index (χ1) is 12.3. The Balaban J connectivity index is 2.00. The second-order valence-electron chi connectivity index (χ2n) is 7.01. The van der Waals surface area contributed by atoms with E-state index in [-0.39, 0.29) is 24.1 Å². The van der Waals surface area contributed by atoms with Crippen molar-refractivity contribution in [3.63, 3.8) is 0 Å². The molecule has 0 radical (unpaired) electrons. The van der Waals surface area contributed by atoms with Gasteiger partial charge in [0.15, 0.2) is 0 Å². The van der Waals surface area contributed by atoms with E-state index in [4.69, 9.17) is 0 Å². The van der Waals surface area contributed by atoms with Gasteiger partial charge >= 0.3 is 0 Å². The first kappa shape index (κ1) is 20.4. The van der Waals surface area contributed by atoms with Gasteiger partial charge in [0.1, 0.15) is 6.54 Å². The van der Waals surface area contributed by atoms with Crippen molar-refractivity contribution in [2.45, 2.75) is 52.6 Å². The van der Waals surface area contributed by atoms with Gasteiger partial charge in [-0.25, -0.2) is 4.68 Å². The molecule has 0 saturated carbocycles. The normalized spacial score (nSPS) is 12.2. The van der Waals surface area contributed by atoms with Crippen molar-refractivity contribution in [2.24, 2.45) is 5.92 Å². The molecule has 26 heavy (non-hydrogen) atoms. The van der Waals surface area contributed by atoms with Gasteiger partial charge in [-0.15, -0.1) is 0 Å². The Hall–Kier alpha value is -1.95. The van der Waals surface area contributed by atoms with Gasteiger partial charge < -0.3 is 5.32 Å². The average Bonchev–Trinajstić information content (AvgIpc) is 2.57. The number of nitrogens with one attached hydrogen (secondary N) is 1. The number of aromatic nitrogens is 2. The van der Waals surface area contributed by atoms with Crippen molar-refractivity contribution in [2.75, 3.05) is 0 Å². The van der Waals surface area contributed by atoms with Crippen LogP contribution in [0.3, 0.4) is 0 Å². The lowest BCUT2D eigenvalue weighted by atomic mass is 10.0. The predicted molar refractivity (Wildman–Crippen MR) is 108 cm³/mol. The number of hydrogen-bond acceptors (Lipinski definition) is 3. The van der Waals surface area contributed by atoms with Gasteiger partial charge in [-0.05, 0) is 37.5 Å². The van der Waals surface area contributed by atoms with Crippen LogP contribution in [0.25, 0.3) is 11.3 Å². The van der Waals surface area contributed by atoms with Crippen LogP contribution in [0.2, 0.25) is 0 Å². The number of carbonyl (C=O) groups is 1. The summed E-state index contributed by atoms with van der Waals surface area (Å²) in [5, 5.41) is 7.28. The van der Waals surface area contributed by atoms with Crippen LogP contribution in [0.15, 0.2) is 45.7 Å². The van der Waals surface area contributed by atoms with Crippen LogP contribution in [0.1, 0.15) is 40.0 Å². The molecule has 1 amide bonds. The Morgan fingerprint density at radius 2 is 1.81 bits per heavy atom. The van der Waals surface area contributed by atoms with E-state index in [9.17, 15) is 9.59 Å². The monoisotopic (exact) mass is 419 g/mol. The molecule has 0 fully saturated rings. The van der Waals surface area contributed by atoms with Crippen molar-refractivity contribution in [3.05, 3.63) is 51.2 Å². The minimum Gasteiger partial charge on any atom is -0.352 e. The maximum absolute atomic E-state index is 12.2. The number of halogens is 1. The molecule has 5 nitrogen and oxygen atoms in total. The average molecular weight is 420 g/mol. The second kappa shape index (κ2) is 9.67. The summed E-state index contributed by atoms with van der Waals surface area (Å²) in [4.78, 5) is 24.3. The third-order valence-corrected chi connectivity index (χ3v) is 4.65. The van der Waals surface area contributed by atoms with Crippen LogP contribution >= 0.6 is 15.9 Å². The van der Waals surface area contributed by atoms with Gasteiger partial charge in [0.25, 0.3) is 5.56 Å². The van der Waals surface area contributed by atoms with Gasteiger partial charge in [-0.2, -0.15) is 5.10 Å². The molecule has 1 aromatic carbocycles. The Labute approximate surface area is 162 Å². The van der Waals surface area contributed by atoms with E-state index in [1.165, 1.54) is 10.7 Å². The molecule has 6 heteroatoms. The zero-order chi connectivity index (χ0) is 19.1. The molecule has 1 atom stereocenters. The largest absolute Gasteiger partial charge is 0.352 e. The molecule has 0 aliphatic carbocycles. The lowest BCUT2D eigenvalue weighted by Crippen LogP contribution is -2.38. The first-order valence-electron chi connectivity index (χ1n) is 8.98. The van der Waals surface area contributed by atoms with Crippen LogP contribution < -0.4 is 10.9 Å². The highest BCUT2D eigenvalue weighted by molar-refractivity contribution is 9.10. The minimum absolute atomic E-state index is 0.0717. The lowest BCUT2D eigenvalue weighted by molar-refractivity contribution is -0.122. The summed E-state index contributed by atoms with van der Waals surface area (Å²) < 4.78 is 2.19. The molecule has 2 aromatic rings. The molecule has 140 valence electrons. The SMILES string of the molecule is CC(C)CCC[C@@H](C)NC(=O)Cn1nc(-c2ccc(Br)cc2)ccc1=O. The summed E-state index contributed by atoms with van der Waals surface area (Å²) in [6.07, 6.45) is 3.16. The topological polar surface area (TPSA) is 64.0 Å². The predicted octanol–water partition coefficient (Wildman–Crippen LogP) is 4.00. The molecule has 1 N–H and O–H groups in total. The fraction of sp³-hybridized carbons (Fsp3) is 0.450. The number of rotatable bonds is 8. The highest BCUT2D eigenvalue weighted by Crippen LogP contribution is 2.18. The molecular weight excluding hydrogens is 394 g/mol. The Morgan fingerprint density at radius 1 is 1.12 bits per heavy atom. The molecule has 0 aliphatic rings. The zero-order valence-electron chi connectivity index (χ0n) is 15.5. The second-order valence-corrected chi connectivity index (χ2v) is 7.93. The molecule has 1 heterocycles. The summed E-state index contributed by atoms with van der Waals surface area (Å²) in [7, 11) is 0. The molecule has 0 spiro atoms. The van der Waals surface area contributed by atoms with E-state index in [1.54, 1.807) is 6.07 Å². The third-order valence-electron chi connectivity index (χ3n) is 4.13. The van der Waals surface area contributed by atoms with Gasteiger partial charge in [0, 0.05) is 22.1 Å². The summed E-state index contributed by atoms with van der Waals surface area (Å²) in [6.45, 7) is 6.31. The highest BCUT2D eigenvalue weighted by atomic mass is 79.9. The number of carbonyl (C=O) groups excluding carboxylic acids is 1. The van der Waals surface area contributed by atoms with E-state index in [1.807, 2.05) is 31.2 Å². The Kier molecular flexibility index (Phi) is 7.57. The van der Waals surface area contributed by atoms with Crippen LogP contribution in [-0.4, -0.2) is 21.7 Å². The molecule has 1 aromatic heterocycles. The standard InChI is InChI=1S/C20H26BrN3O2/c1-14(2)5-4-6-15(3)22-19(25)13-24-20(26)12-11-18(23-24)16-7-9-17(21)10-8-16/h7-12,14-15H,4-6,13H2,1-3H3,(H,22,25)/t15-/m1/s1. The maximum atomic E-state index is 12.2. The van der Waals surface area contributed by atoms with Gasteiger partial charge in [0.2, 0.25) is 5.91 Å². The highest BCUT2D eigenvalue weighted by Gasteiger charge is 2.11. The van der Waals surface area contributed by atoms with Gasteiger partial charge in [-0.3, -0.25) is 9.59 Å². The lowest BCUT2D eigenvalue weighted by Gasteiger charge is -2.15. The zero-order valence-corrected chi connectivity index (χ0v) is 17.1. The van der Waals surface area contributed by atoms with E-state index < -0.39 is 0 Å². The van der Waals surface area contributed by atoms with Crippen molar-refractivity contribution in [1.82, 2.24) is 15.1 Å². The molecular formula is C20H26BrN3O2. The van der Waals surface area contributed by atoms with E-state index in [2.05, 4.69) is 40.2 Å². The quantitative estimate of drug-likeness (QED) is 0.702. The summed E-state index contributed by atoms with van der Waals surface area (Å²) in [5.74, 6) is 0.478. The van der Waals surface area contributed by atoms with Crippen molar-refractivity contribution >= 4 is 21.8 Å². The van der Waals surface area contributed by atoms with Crippen molar-refractivity contribution in [1.29, 1.82) is 0 Å². The van der Waals surface area contributed by atoms with Crippen molar-refractivity contribution < 1.29 is 4.79 Å². The Morgan fingerprint density at radius 3 is 2.46 bits per heavy atom. The van der Waals surface area contributed by atoms with Crippen LogP contribution in [0, 0.1) is 5.92 Å². The third kappa shape index (κ3) is 6.41. The van der Waals surface area contributed by atoms with Crippen LogP contribution in [0.4, 0.5) is 0 Å². The molecule has 2 rings (SSSR count). The summed E-state index contributed by atoms with van der Waals surface area (Å²) >= 11 is 3.40. The molecule has 0 unspecified atom stereocenters. The number of benzene rings is 1. The molecule has 0 saturated heterocycles. The number of nitrogens with zero attached hydrogens (tertiary/aromatic N) is 2. The summed E-state index contributed by atoms with van der Waals surface area (Å²) in [6, 6.07) is 10.9. The number of hydrogen-bond donors (Lipinski definition) is 1. The van der Waals surface area contributed by atoms with E-state index >= 15 is 0 Å². The molecule has 0 aliphatic heterocycles. The van der Waals surface area contributed by atoms with Crippen LogP contribution in [-0.2, 0) is 11.3 Å². The fourth-order valence-corrected chi connectivity index (χ4v) is 2.96. The molecule has 0 bridgehead atoms. The van der Waals surface area contributed by atoms with Gasteiger partial charge in [-0.1, -0.05) is 54.8 Å². The van der Waals surface area contributed by atoms with Crippen molar-refractivity contribution in [3.8, 4) is 11.3 Å². The summed E-state index contributed by atoms with van der Waals surface area (Å²) in [5.41, 5.74) is 1.27. The fourth-order valence-electron chi connectivity index (χ4n) is 2.70. The van der Waals surface area contributed by atoms with E-state index in [0.29, 0.717) is 11.6 Å². The first-order valence-corrected chi connectivity index (χ1v) is 9.78. The minimum atomic E-state index is -0.284. The van der Waals surface area contributed by atoms with Crippen LogP contribution in [0.5, 0.6) is 0 Å². The Bertz CT molecular complexity index is 784. The smallest absolute Gasteiger partial charge is 0.267 e. The van der Waals surface area contributed by atoms with Gasteiger partial charge in [0.05, 0.1) is 5.69 Å². The number of amides is 1. The maximum Gasteiger partial charge on any atom is 0.267 e.